The highest BCUT2D eigenvalue weighted by molar-refractivity contribution is 5.95. The summed E-state index contributed by atoms with van der Waals surface area (Å²) in [5.74, 6) is -0.373. The van der Waals surface area contributed by atoms with Gasteiger partial charge in [-0.1, -0.05) is 0 Å². The lowest BCUT2D eigenvalue weighted by Gasteiger charge is -2.42. The Balaban J connectivity index is 1.68. The molecule has 1 aromatic rings. The normalized spacial score (nSPS) is 30.4. The maximum Gasteiger partial charge on any atom is 0.263 e. The quantitative estimate of drug-likeness (QED) is 0.742. The molecule has 4 rings (SSSR count). The van der Waals surface area contributed by atoms with E-state index in [2.05, 4.69) is 9.97 Å². The molecule has 3 fully saturated rings. The molecular formula is C14H16N4O4. The smallest absolute Gasteiger partial charge is 0.263 e. The molecule has 0 radical (unpaired) electrons. The van der Waals surface area contributed by atoms with Crippen molar-refractivity contribution in [3.05, 3.63) is 28.4 Å². The third-order valence-electron chi connectivity index (χ3n) is 4.82. The molecule has 0 aromatic carbocycles. The van der Waals surface area contributed by atoms with Crippen LogP contribution in [0.25, 0.3) is 0 Å². The number of H-pyrrole nitrogens is 1. The third-order valence-corrected chi connectivity index (χ3v) is 4.82. The molecule has 1 N–H and O–H groups in total. The van der Waals surface area contributed by atoms with Crippen LogP contribution in [0.4, 0.5) is 0 Å². The Hall–Kier alpha value is -2.22. The number of amides is 2. The van der Waals surface area contributed by atoms with Crippen LogP contribution in [-0.4, -0.2) is 63.0 Å². The van der Waals surface area contributed by atoms with Gasteiger partial charge in [0, 0.05) is 25.7 Å². The van der Waals surface area contributed by atoms with Gasteiger partial charge in [-0.2, -0.15) is 0 Å². The summed E-state index contributed by atoms with van der Waals surface area (Å²) in [6, 6.07) is -0.326. The van der Waals surface area contributed by atoms with Crippen molar-refractivity contribution in [2.45, 2.75) is 31.0 Å². The molecule has 4 heterocycles. The van der Waals surface area contributed by atoms with Gasteiger partial charge in [0.15, 0.2) is 5.72 Å². The number of likely N-dealkylation sites (tertiary alicyclic amines) is 1. The van der Waals surface area contributed by atoms with Crippen LogP contribution in [-0.2, 0) is 9.53 Å². The van der Waals surface area contributed by atoms with Gasteiger partial charge in [-0.05, 0) is 6.42 Å². The molecule has 1 aromatic heterocycles. The zero-order valence-electron chi connectivity index (χ0n) is 11.9. The Morgan fingerprint density at radius 2 is 2.27 bits per heavy atom. The number of hydrogen-bond donors (Lipinski definition) is 1. The number of rotatable bonds is 1. The number of nitrogens with zero attached hydrogens (tertiary/aromatic N) is 3. The molecule has 116 valence electrons. The lowest BCUT2D eigenvalue weighted by Crippen LogP contribution is -2.56. The molecule has 3 saturated heterocycles. The van der Waals surface area contributed by atoms with E-state index in [0.29, 0.717) is 26.1 Å². The fourth-order valence-corrected chi connectivity index (χ4v) is 3.84. The summed E-state index contributed by atoms with van der Waals surface area (Å²) >= 11 is 0. The van der Waals surface area contributed by atoms with Crippen molar-refractivity contribution in [3.8, 4) is 0 Å². The van der Waals surface area contributed by atoms with Crippen molar-refractivity contribution in [3.63, 3.8) is 0 Å². The van der Waals surface area contributed by atoms with Gasteiger partial charge in [0.1, 0.15) is 5.56 Å². The minimum absolute atomic E-state index is 0.00117. The van der Waals surface area contributed by atoms with Gasteiger partial charge in [0.25, 0.3) is 11.5 Å². The second-order valence-corrected chi connectivity index (χ2v) is 5.86. The van der Waals surface area contributed by atoms with E-state index in [1.165, 1.54) is 12.5 Å². The average Bonchev–Trinajstić information content (AvgIpc) is 3.00. The standard InChI is InChI=1S/C14H16N4O4/c19-11-6-10-14(18(11)3-1-5-22-14)2-4-17(10)13(21)9-7-15-8-16-12(9)20/h7-8,10H,1-6H2,(H,15,16,20)/t10-,14+/m1/s1. The highest BCUT2D eigenvalue weighted by Gasteiger charge is 2.61. The second kappa shape index (κ2) is 4.64. The van der Waals surface area contributed by atoms with E-state index in [0.717, 1.165) is 6.42 Å². The van der Waals surface area contributed by atoms with E-state index in [9.17, 15) is 14.4 Å². The fraction of sp³-hybridized carbons (Fsp3) is 0.571. The van der Waals surface area contributed by atoms with Gasteiger partial charge in [-0.3, -0.25) is 14.4 Å². The van der Waals surface area contributed by atoms with Crippen LogP contribution in [0.2, 0.25) is 0 Å². The molecule has 8 heteroatoms. The van der Waals surface area contributed by atoms with Crippen molar-refractivity contribution in [2.24, 2.45) is 0 Å². The van der Waals surface area contributed by atoms with E-state index < -0.39 is 11.3 Å². The second-order valence-electron chi connectivity index (χ2n) is 5.86. The monoisotopic (exact) mass is 304 g/mol. The number of carbonyl (C=O) groups excluding carboxylic acids is 2. The largest absolute Gasteiger partial charge is 0.353 e. The lowest BCUT2D eigenvalue weighted by atomic mass is 10.0. The molecule has 3 aliphatic heterocycles. The predicted molar refractivity (Wildman–Crippen MR) is 73.9 cm³/mol. The first-order valence-corrected chi connectivity index (χ1v) is 7.41. The number of ether oxygens (including phenoxy) is 1. The minimum atomic E-state index is -0.694. The zero-order valence-corrected chi connectivity index (χ0v) is 11.9. The van der Waals surface area contributed by atoms with E-state index in [4.69, 9.17) is 4.74 Å². The van der Waals surface area contributed by atoms with Crippen LogP contribution in [0.15, 0.2) is 17.3 Å². The van der Waals surface area contributed by atoms with Gasteiger partial charge in [0.2, 0.25) is 5.91 Å². The summed E-state index contributed by atoms with van der Waals surface area (Å²) in [6.07, 6.45) is 4.17. The Kier molecular flexibility index (Phi) is 2.83. The van der Waals surface area contributed by atoms with Crippen LogP contribution < -0.4 is 5.56 Å². The van der Waals surface area contributed by atoms with Crippen molar-refractivity contribution in [2.75, 3.05) is 19.7 Å². The van der Waals surface area contributed by atoms with Crippen LogP contribution in [0.5, 0.6) is 0 Å². The van der Waals surface area contributed by atoms with Crippen LogP contribution in [0.1, 0.15) is 29.6 Å². The van der Waals surface area contributed by atoms with Crippen LogP contribution in [0, 0.1) is 0 Å². The van der Waals surface area contributed by atoms with Crippen molar-refractivity contribution in [1.29, 1.82) is 0 Å². The molecule has 0 unspecified atom stereocenters. The topological polar surface area (TPSA) is 95.6 Å². The average molecular weight is 304 g/mol. The molecular weight excluding hydrogens is 288 g/mol. The highest BCUT2D eigenvalue weighted by atomic mass is 16.5. The summed E-state index contributed by atoms with van der Waals surface area (Å²) in [7, 11) is 0. The molecule has 22 heavy (non-hydrogen) atoms. The number of aromatic amines is 1. The fourth-order valence-electron chi connectivity index (χ4n) is 3.84. The molecule has 8 nitrogen and oxygen atoms in total. The summed E-state index contributed by atoms with van der Waals surface area (Å²) in [4.78, 5) is 46.3. The SMILES string of the molecule is O=C(c1cnc[nH]c1=O)N1CC[C@@]23OCCCN2C(=O)C[C@@H]13. The van der Waals surface area contributed by atoms with Gasteiger partial charge in [-0.25, -0.2) is 4.98 Å². The summed E-state index contributed by atoms with van der Waals surface area (Å²) < 4.78 is 5.94. The number of hydrogen-bond acceptors (Lipinski definition) is 5. The highest BCUT2D eigenvalue weighted by Crippen LogP contribution is 2.45. The van der Waals surface area contributed by atoms with Crippen molar-refractivity contribution in [1.82, 2.24) is 19.8 Å². The maximum atomic E-state index is 12.7. The number of nitrogens with one attached hydrogen (secondary N) is 1. The first kappa shape index (κ1) is 13.4. The van der Waals surface area contributed by atoms with Crippen LogP contribution >= 0.6 is 0 Å². The van der Waals surface area contributed by atoms with Gasteiger partial charge in [0.05, 0.1) is 25.4 Å². The molecule has 0 aliphatic carbocycles. The molecule has 0 saturated carbocycles. The van der Waals surface area contributed by atoms with Gasteiger partial charge < -0.3 is 19.5 Å². The Bertz CT molecular complexity index is 702. The maximum absolute atomic E-state index is 12.7. The van der Waals surface area contributed by atoms with Gasteiger partial charge in [-0.15, -0.1) is 0 Å². The van der Waals surface area contributed by atoms with E-state index in [-0.39, 0.29) is 29.8 Å². The summed E-state index contributed by atoms with van der Waals surface area (Å²) in [5.41, 5.74) is -1.16. The van der Waals surface area contributed by atoms with E-state index in [1.54, 1.807) is 9.80 Å². The first-order chi connectivity index (χ1) is 10.6. The molecule has 3 aliphatic rings. The summed E-state index contributed by atoms with van der Waals surface area (Å²) in [5, 5.41) is 0. The third kappa shape index (κ3) is 1.67. The molecule has 2 atom stereocenters. The van der Waals surface area contributed by atoms with E-state index >= 15 is 0 Å². The lowest BCUT2D eigenvalue weighted by molar-refractivity contribution is -0.179. The van der Waals surface area contributed by atoms with Gasteiger partial charge >= 0.3 is 0 Å². The number of carbonyl (C=O) groups is 2. The van der Waals surface area contributed by atoms with E-state index in [1.807, 2.05) is 0 Å². The zero-order chi connectivity index (χ0) is 15.3. The number of aromatic nitrogens is 2. The summed E-state index contributed by atoms with van der Waals surface area (Å²) in [6.45, 7) is 1.74. The Labute approximate surface area is 126 Å². The molecule has 1 spiro atoms. The van der Waals surface area contributed by atoms with Crippen LogP contribution in [0.3, 0.4) is 0 Å². The first-order valence-electron chi connectivity index (χ1n) is 7.41. The Morgan fingerprint density at radius 3 is 3.09 bits per heavy atom. The molecule has 2 amide bonds. The molecule has 0 bridgehead atoms. The van der Waals surface area contributed by atoms with Crippen molar-refractivity contribution >= 4 is 11.8 Å². The predicted octanol–water partition coefficient (Wildman–Crippen LogP) is -0.667. The Morgan fingerprint density at radius 1 is 1.41 bits per heavy atom. The van der Waals surface area contributed by atoms with Crippen molar-refractivity contribution < 1.29 is 14.3 Å². The minimum Gasteiger partial charge on any atom is -0.353 e.